The van der Waals surface area contributed by atoms with Crippen molar-refractivity contribution in [3.63, 3.8) is 0 Å². The minimum absolute atomic E-state index is 0.735. The van der Waals surface area contributed by atoms with E-state index in [1.54, 1.807) is 11.8 Å². The van der Waals surface area contributed by atoms with E-state index in [0.29, 0.717) is 0 Å². The Bertz CT molecular complexity index is 3710. The first kappa shape index (κ1) is 32.6. The van der Waals surface area contributed by atoms with Gasteiger partial charge in [-0.3, -0.25) is 0 Å². The molecule has 1 aliphatic rings. The van der Waals surface area contributed by atoms with Crippen LogP contribution in [-0.4, -0.2) is 19.1 Å². The molecule has 0 saturated heterocycles. The van der Waals surface area contributed by atoms with Crippen LogP contribution in [-0.2, 0) is 0 Å². The molecule has 0 bridgehead atoms. The van der Waals surface area contributed by atoms with Gasteiger partial charge in [0.25, 0.3) is 0 Å². The van der Waals surface area contributed by atoms with Gasteiger partial charge in [-0.1, -0.05) is 127 Å². The lowest BCUT2D eigenvalue weighted by Crippen LogP contribution is -2.00. The van der Waals surface area contributed by atoms with E-state index in [1.807, 2.05) is 0 Å². The van der Waals surface area contributed by atoms with Gasteiger partial charge in [-0.2, -0.15) is 0 Å². The van der Waals surface area contributed by atoms with Crippen molar-refractivity contribution in [2.24, 2.45) is 0 Å². The molecule has 0 saturated carbocycles. The summed E-state index contributed by atoms with van der Waals surface area (Å²) in [5.41, 5.74) is 13.5. The van der Waals surface area contributed by atoms with Gasteiger partial charge in [-0.25, -0.2) is 9.97 Å². The highest BCUT2D eigenvalue weighted by atomic mass is 32.2. The Morgan fingerprint density at radius 3 is 1.69 bits per heavy atom. The summed E-state index contributed by atoms with van der Waals surface area (Å²) in [4.78, 5) is 12.8. The molecular formula is C54H32N4S. The van der Waals surface area contributed by atoms with Gasteiger partial charge in [0.15, 0.2) is 5.82 Å². The van der Waals surface area contributed by atoms with Crippen LogP contribution in [0.5, 0.6) is 0 Å². The lowest BCUT2D eigenvalue weighted by molar-refractivity contribution is 1.17. The second-order valence-electron chi connectivity index (χ2n) is 15.4. The van der Waals surface area contributed by atoms with Crippen molar-refractivity contribution < 1.29 is 0 Å². The van der Waals surface area contributed by atoms with E-state index in [9.17, 15) is 0 Å². The molecule has 59 heavy (non-hydrogen) atoms. The summed E-state index contributed by atoms with van der Waals surface area (Å²) in [5, 5.41) is 8.56. The maximum atomic E-state index is 5.22. The predicted octanol–water partition coefficient (Wildman–Crippen LogP) is 14.4. The molecule has 0 fully saturated rings. The number of fused-ring (bicyclic) bond motifs is 9. The van der Waals surface area contributed by atoms with Crippen molar-refractivity contribution in [2.45, 2.75) is 9.79 Å². The summed E-state index contributed by atoms with van der Waals surface area (Å²) >= 11 is 1.80. The molecule has 0 radical (unpaired) electrons. The Kier molecular flexibility index (Phi) is 6.91. The van der Waals surface area contributed by atoms with Crippen LogP contribution in [0.15, 0.2) is 204 Å². The molecule has 9 aromatic carbocycles. The largest absolute Gasteiger partial charge is 0.309 e. The Balaban J connectivity index is 0.951. The quantitative estimate of drug-likeness (QED) is 0.179. The zero-order valence-corrected chi connectivity index (χ0v) is 32.5. The Hall–Kier alpha value is -7.47. The van der Waals surface area contributed by atoms with Crippen LogP contribution < -0.4 is 0 Å². The molecule has 3 aromatic heterocycles. The molecule has 0 atom stereocenters. The first-order valence-corrected chi connectivity index (χ1v) is 20.8. The molecule has 0 unspecified atom stereocenters. The first-order chi connectivity index (χ1) is 29.2. The fourth-order valence-corrected chi connectivity index (χ4v) is 10.5. The minimum Gasteiger partial charge on any atom is -0.309 e. The van der Waals surface area contributed by atoms with Crippen LogP contribution in [0.3, 0.4) is 0 Å². The Labute approximate surface area is 343 Å². The van der Waals surface area contributed by atoms with Crippen molar-refractivity contribution in [3.05, 3.63) is 194 Å². The summed E-state index contributed by atoms with van der Waals surface area (Å²) < 4.78 is 4.82. The Morgan fingerprint density at radius 1 is 0.373 bits per heavy atom. The monoisotopic (exact) mass is 768 g/mol. The first-order valence-electron chi connectivity index (χ1n) is 20.0. The highest BCUT2D eigenvalue weighted by Crippen LogP contribution is 2.47. The second-order valence-corrected chi connectivity index (χ2v) is 16.5. The van der Waals surface area contributed by atoms with Gasteiger partial charge in [-0.15, -0.1) is 0 Å². The molecule has 4 nitrogen and oxygen atoms in total. The number of nitrogens with zero attached hydrogens (tertiary/aromatic N) is 4. The lowest BCUT2D eigenvalue weighted by atomic mass is 10.0. The molecule has 4 heterocycles. The SMILES string of the molecule is c1ccc2c(c1)Sc1cccc3nc(-c4ccc(-n5c6ccccc6c6ccc(-c7ccc8c9ccccc9n(-c9ccc%10ccccc%10c9)c8c7)cc65)cc4)nc-2c13. The lowest BCUT2D eigenvalue weighted by Gasteiger charge is -2.19. The highest BCUT2D eigenvalue weighted by molar-refractivity contribution is 7.99. The van der Waals surface area contributed by atoms with Crippen LogP contribution in [0.2, 0.25) is 0 Å². The van der Waals surface area contributed by atoms with Crippen LogP contribution in [0, 0.1) is 0 Å². The topological polar surface area (TPSA) is 35.6 Å². The van der Waals surface area contributed by atoms with Crippen LogP contribution in [0.25, 0.3) is 110 Å². The fourth-order valence-electron chi connectivity index (χ4n) is 9.36. The molecular weight excluding hydrogens is 737 g/mol. The number of para-hydroxylation sites is 2. The zero-order valence-electron chi connectivity index (χ0n) is 31.7. The number of hydrogen-bond donors (Lipinski definition) is 0. The third-order valence-electron chi connectivity index (χ3n) is 12.1. The molecule has 274 valence electrons. The molecule has 12 aromatic rings. The van der Waals surface area contributed by atoms with Crippen molar-refractivity contribution in [1.29, 1.82) is 0 Å². The predicted molar refractivity (Wildman–Crippen MR) is 246 cm³/mol. The molecule has 0 N–H and O–H groups in total. The molecule has 1 aliphatic heterocycles. The molecule has 0 spiro atoms. The molecule has 0 aliphatic carbocycles. The summed E-state index contributed by atoms with van der Waals surface area (Å²) in [7, 11) is 0. The summed E-state index contributed by atoms with van der Waals surface area (Å²) in [5.74, 6) is 0.735. The number of rotatable bonds is 4. The van der Waals surface area contributed by atoms with Gasteiger partial charge in [0.05, 0.1) is 33.3 Å². The van der Waals surface area contributed by atoms with E-state index in [2.05, 4.69) is 203 Å². The van der Waals surface area contributed by atoms with E-state index in [-0.39, 0.29) is 0 Å². The summed E-state index contributed by atoms with van der Waals surface area (Å²) in [6.45, 7) is 0. The van der Waals surface area contributed by atoms with E-state index >= 15 is 0 Å². The average molecular weight is 769 g/mol. The van der Waals surface area contributed by atoms with Crippen molar-refractivity contribution >= 4 is 77.0 Å². The van der Waals surface area contributed by atoms with Crippen LogP contribution in [0.1, 0.15) is 0 Å². The highest BCUT2D eigenvalue weighted by Gasteiger charge is 2.23. The van der Waals surface area contributed by atoms with Gasteiger partial charge in [0.1, 0.15) is 0 Å². The maximum absolute atomic E-state index is 5.22. The number of aromatic nitrogens is 4. The van der Waals surface area contributed by atoms with Crippen molar-refractivity contribution in [2.75, 3.05) is 0 Å². The van der Waals surface area contributed by atoms with E-state index in [4.69, 9.17) is 9.97 Å². The number of benzene rings is 9. The van der Waals surface area contributed by atoms with Crippen LogP contribution >= 0.6 is 11.8 Å². The minimum atomic E-state index is 0.735. The normalized spacial score (nSPS) is 12.3. The third kappa shape index (κ3) is 4.92. The smallest absolute Gasteiger partial charge is 0.160 e. The molecule has 5 heteroatoms. The van der Waals surface area contributed by atoms with Crippen LogP contribution in [0.4, 0.5) is 0 Å². The number of hydrogen-bond acceptors (Lipinski definition) is 3. The second kappa shape index (κ2) is 12.5. The molecule has 0 amide bonds. The van der Waals surface area contributed by atoms with Crippen molar-refractivity contribution in [3.8, 4) is 45.1 Å². The fraction of sp³-hybridized carbons (Fsp3) is 0. The van der Waals surface area contributed by atoms with E-state index < -0.39 is 0 Å². The van der Waals surface area contributed by atoms with Gasteiger partial charge in [0.2, 0.25) is 0 Å². The molecule has 13 rings (SSSR count). The summed E-state index contributed by atoms with van der Waals surface area (Å²) in [6.07, 6.45) is 0. The van der Waals surface area contributed by atoms with Gasteiger partial charge in [0, 0.05) is 59.2 Å². The third-order valence-corrected chi connectivity index (χ3v) is 13.2. The Morgan fingerprint density at radius 2 is 0.949 bits per heavy atom. The zero-order chi connectivity index (χ0) is 38.6. The van der Waals surface area contributed by atoms with Crippen molar-refractivity contribution in [1.82, 2.24) is 19.1 Å². The van der Waals surface area contributed by atoms with Gasteiger partial charge in [-0.05, 0) is 101 Å². The van der Waals surface area contributed by atoms with Gasteiger partial charge < -0.3 is 9.13 Å². The maximum Gasteiger partial charge on any atom is 0.160 e. The van der Waals surface area contributed by atoms with E-state index in [0.717, 1.165) is 44.9 Å². The summed E-state index contributed by atoms with van der Waals surface area (Å²) in [6, 6.07) is 70.4. The average Bonchev–Trinajstić information content (AvgIpc) is 3.81. The standard InChI is InChI=1S/C54H32N4S/c1-2-11-35-30-39(27-20-33(35)10-1)58-47-17-7-4-13-41(47)43-29-24-37(32-49(43)58)36-23-28-42-40-12-3-6-16-46(40)57(48(42)31-36)38-25-21-34(22-26-38)54-55-45-15-9-19-51-52(45)53(56-54)44-14-5-8-18-50(44)59-51/h1-32H. The van der Waals surface area contributed by atoms with E-state index in [1.165, 1.54) is 75.3 Å². The van der Waals surface area contributed by atoms with Gasteiger partial charge >= 0.3 is 0 Å².